The molecule has 1 nitrogen and oxygen atoms in total. The lowest BCUT2D eigenvalue weighted by Gasteiger charge is -2.22. The van der Waals surface area contributed by atoms with E-state index in [0.717, 1.165) is 0 Å². The van der Waals surface area contributed by atoms with Gasteiger partial charge in [-0.3, -0.25) is 0 Å². The van der Waals surface area contributed by atoms with Gasteiger partial charge in [0, 0.05) is 0 Å². The minimum atomic E-state index is -5.75. The van der Waals surface area contributed by atoms with Crippen LogP contribution in [0.3, 0.4) is 0 Å². The average Bonchev–Trinajstić information content (AvgIpc) is 1.83. The molecule has 0 aromatic rings. The van der Waals surface area contributed by atoms with Gasteiger partial charge >= 0.3 is 12.1 Å². The summed E-state index contributed by atoms with van der Waals surface area (Å²) in [5, 5.41) is 8.12. The third kappa shape index (κ3) is 2.16. The lowest BCUT2D eigenvalue weighted by atomic mass is 10.2. The number of hydrogen-bond acceptors (Lipinski definition) is 1. The fourth-order valence-corrected chi connectivity index (χ4v) is 0.480. The zero-order valence-corrected chi connectivity index (χ0v) is 5.76. The van der Waals surface area contributed by atoms with Gasteiger partial charge in [0.15, 0.2) is 0 Å². The van der Waals surface area contributed by atoms with E-state index in [0.29, 0.717) is 0 Å². The smallest absolute Gasteiger partial charge is 0.385 e. The Morgan fingerprint density at radius 2 is 1.55 bits per heavy atom. The molecule has 0 saturated carbocycles. The van der Waals surface area contributed by atoms with Crippen molar-refractivity contribution in [3.05, 3.63) is 0 Å². The highest BCUT2D eigenvalue weighted by atomic mass is 35.5. The van der Waals surface area contributed by atoms with Gasteiger partial charge in [-0.25, -0.2) is 0 Å². The summed E-state index contributed by atoms with van der Waals surface area (Å²) in [6.07, 6.45) is -8.63. The molecule has 68 valence electrons. The van der Waals surface area contributed by atoms with Gasteiger partial charge in [-0.05, 0) is 0 Å². The first kappa shape index (κ1) is 10.9. The fourth-order valence-electron chi connectivity index (χ4n) is 0.286. The van der Waals surface area contributed by atoms with E-state index in [1.807, 2.05) is 0 Å². The highest BCUT2D eigenvalue weighted by molar-refractivity contribution is 6.18. The summed E-state index contributed by atoms with van der Waals surface area (Å²) in [7, 11) is 0. The van der Waals surface area contributed by atoms with Crippen LogP contribution in [-0.4, -0.2) is 29.2 Å². The highest BCUT2D eigenvalue weighted by Gasteiger charge is 2.61. The molecule has 7 heteroatoms. The molecule has 0 aliphatic rings. The molecule has 0 spiro atoms. The van der Waals surface area contributed by atoms with Crippen LogP contribution in [0.5, 0.6) is 0 Å². The van der Waals surface area contributed by atoms with Crippen LogP contribution in [0.1, 0.15) is 0 Å². The van der Waals surface area contributed by atoms with Crippen molar-refractivity contribution in [1.29, 1.82) is 0 Å². The standard InChI is InChI=1S/C4H4ClF5O/c5-1-2(11)3(6,7)4(8,9)10/h2,11H,1H2. The number of hydrogen-bond donors (Lipinski definition) is 1. The summed E-state index contributed by atoms with van der Waals surface area (Å²) in [5.74, 6) is -6.29. The quantitative estimate of drug-likeness (QED) is 0.530. The lowest BCUT2D eigenvalue weighted by Crippen LogP contribution is -2.47. The maximum atomic E-state index is 11.9. The predicted octanol–water partition coefficient (Wildman–Crippen LogP) is 1.78. The van der Waals surface area contributed by atoms with Crippen molar-refractivity contribution >= 4 is 11.6 Å². The highest BCUT2D eigenvalue weighted by Crippen LogP contribution is 2.38. The molecule has 0 aromatic carbocycles. The van der Waals surface area contributed by atoms with E-state index in [2.05, 4.69) is 11.6 Å². The number of rotatable bonds is 2. The summed E-state index contributed by atoms with van der Waals surface area (Å²) < 4.78 is 57.6. The van der Waals surface area contributed by atoms with E-state index in [1.165, 1.54) is 0 Å². The second kappa shape index (κ2) is 3.10. The van der Waals surface area contributed by atoms with Crippen LogP contribution in [0.15, 0.2) is 0 Å². The lowest BCUT2D eigenvalue weighted by molar-refractivity contribution is -0.309. The van der Waals surface area contributed by atoms with Crippen molar-refractivity contribution in [3.8, 4) is 0 Å². The van der Waals surface area contributed by atoms with Crippen molar-refractivity contribution in [2.75, 3.05) is 5.88 Å². The molecular formula is C4H4ClF5O. The molecule has 0 aliphatic heterocycles. The molecule has 0 bridgehead atoms. The third-order valence-corrected chi connectivity index (χ3v) is 1.23. The van der Waals surface area contributed by atoms with Gasteiger partial charge in [0.2, 0.25) is 0 Å². The van der Waals surface area contributed by atoms with E-state index in [9.17, 15) is 22.0 Å². The van der Waals surface area contributed by atoms with Gasteiger partial charge < -0.3 is 5.11 Å². The van der Waals surface area contributed by atoms with Gasteiger partial charge in [0.1, 0.15) is 6.10 Å². The Kier molecular flexibility index (Phi) is 3.07. The Bertz CT molecular complexity index is 133. The largest absolute Gasteiger partial charge is 0.456 e. The predicted molar refractivity (Wildman–Crippen MR) is 27.7 cm³/mol. The Hall–Kier alpha value is -0.100. The summed E-state index contributed by atoms with van der Waals surface area (Å²) >= 11 is 4.61. The molecule has 0 radical (unpaired) electrons. The van der Waals surface area contributed by atoms with Gasteiger partial charge in [0.05, 0.1) is 5.88 Å². The molecule has 0 aliphatic carbocycles. The SMILES string of the molecule is OC(CCl)C(F)(F)C(F)(F)F. The Morgan fingerprint density at radius 3 is 1.64 bits per heavy atom. The van der Waals surface area contributed by atoms with Crippen LogP contribution < -0.4 is 0 Å². The molecule has 0 rings (SSSR count). The second-order valence-electron chi connectivity index (χ2n) is 1.79. The fraction of sp³-hybridized carbons (Fsp3) is 1.00. The van der Waals surface area contributed by atoms with E-state index in [4.69, 9.17) is 5.11 Å². The molecule has 1 N–H and O–H groups in total. The van der Waals surface area contributed by atoms with Crippen LogP contribution in [-0.2, 0) is 0 Å². The van der Waals surface area contributed by atoms with Gasteiger partial charge in [-0.15, -0.1) is 11.6 Å². The normalized spacial score (nSPS) is 16.6. The zero-order valence-electron chi connectivity index (χ0n) is 5.00. The van der Waals surface area contributed by atoms with E-state index < -0.39 is 24.1 Å². The Balaban J connectivity index is 4.45. The first-order valence-electron chi connectivity index (χ1n) is 2.42. The topological polar surface area (TPSA) is 20.2 Å². The minimum absolute atomic E-state index is 1.16. The molecule has 1 atom stereocenters. The molecule has 0 aromatic heterocycles. The van der Waals surface area contributed by atoms with Gasteiger partial charge in [0.25, 0.3) is 0 Å². The summed E-state index contributed by atoms with van der Waals surface area (Å²) in [5.41, 5.74) is 0. The second-order valence-corrected chi connectivity index (χ2v) is 2.10. The molecule has 1 unspecified atom stereocenters. The molecule has 0 heterocycles. The number of alkyl halides is 6. The van der Waals surface area contributed by atoms with Crippen molar-refractivity contribution in [3.63, 3.8) is 0 Å². The minimum Gasteiger partial charge on any atom is -0.385 e. The maximum Gasteiger partial charge on any atom is 0.456 e. The zero-order chi connectivity index (χ0) is 9.28. The molecule has 0 amide bonds. The Morgan fingerprint density at radius 1 is 1.18 bits per heavy atom. The molecule has 11 heavy (non-hydrogen) atoms. The summed E-state index contributed by atoms with van der Waals surface area (Å²) in [6, 6.07) is 0. The Labute approximate surface area is 63.8 Å². The first-order valence-corrected chi connectivity index (χ1v) is 2.95. The van der Waals surface area contributed by atoms with Crippen LogP contribution in [0.2, 0.25) is 0 Å². The molecule has 0 fully saturated rings. The van der Waals surface area contributed by atoms with Crippen LogP contribution in [0.25, 0.3) is 0 Å². The first-order chi connectivity index (χ1) is 4.73. The number of halogens is 6. The van der Waals surface area contributed by atoms with E-state index in [-0.39, 0.29) is 0 Å². The van der Waals surface area contributed by atoms with Gasteiger partial charge in [-0.1, -0.05) is 0 Å². The van der Waals surface area contributed by atoms with E-state index in [1.54, 1.807) is 0 Å². The van der Waals surface area contributed by atoms with Crippen molar-refractivity contribution < 1.29 is 27.1 Å². The van der Waals surface area contributed by atoms with E-state index >= 15 is 0 Å². The number of aliphatic hydroxyl groups excluding tert-OH is 1. The maximum absolute atomic E-state index is 11.9. The summed E-state index contributed by atoms with van der Waals surface area (Å²) in [4.78, 5) is 0. The average molecular weight is 199 g/mol. The van der Waals surface area contributed by atoms with Crippen molar-refractivity contribution in [1.82, 2.24) is 0 Å². The van der Waals surface area contributed by atoms with Crippen molar-refractivity contribution in [2.45, 2.75) is 18.2 Å². The van der Waals surface area contributed by atoms with Crippen LogP contribution >= 0.6 is 11.6 Å². The monoisotopic (exact) mass is 198 g/mol. The van der Waals surface area contributed by atoms with Crippen LogP contribution in [0, 0.1) is 0 Å². The van der Waals surface area contributed by atoms with Crippen LogP contribution in [0.4, 0.5) is 22.0 Å². The van der Waals surface area contributed by atoms with Crippen molar-refractivity contribution in [2.24, 2.45) is 0 Å². The third-order valence-electron chi connectivity index (χ3n) is 0.943. The van der Waals surface area contributed by atoms with Gasteiger partial charge in [-0.2, -0.15) is 22.0 Å². The summed E-state index contributed by atoms with van der Waals surface area (Å²) in [6.45, 7) is 0. The molecular weight excluding hydrogens is 194 g/mol. The molecule has 0 saturated heterocycles. The number of aliphatic hydroxyl groups is 1.